The van der Waals surface area contributed by atoms with E-state index in [2.05, 4.69) is 243 Å². The van der Waals surface area contributed by atoms with Crippen molar-refractivity contribution in [3.63, 3.8) is 0 Å². The Morgan fingerprint density at radius 3 is 1.47 bits per heavy atom. The first kappa shape index (κ1) is 37.6. The first-order valence-electron chi connectivity index (χ1n) is 23.1. The second kappa shape index (κ2) is 13.9. The van der Waals surface area contributed by atoms with Gasteiger partial charge in [-0.05, 0) is 132 Å². The first-order valence-corrected chi connectivity index (χ1v) is 23.9. The third-order valence-electron chi connectivity index (χ3n) is 15.1. The van der Waals surface area contributed by atoms with E-state index in [1.807, 2.05) is 11.3 Å². The minimum absolute atomic E-state index is 0.0594. The molecule has 0 radical (unpaired) electrons. The van der Waals surface area contributed by atoms with Crippen molar-refractivity contribution in [2.75, 3.05) is 4.90 Å². The molecule has 14 rings (SSSR count). The second-order valence-electron chi connectivity index (χ2n) is 18.8. The predicted molar refractivity (Wildman–Crippen MR) is 279 cm³/mol. The van der Waals surface area contributed by atoms with Gasteiger partial charge in [-0.1, -0.05) is 190 Å². The van der Waals surface area contributed by atoms with Gasteiger partial charge in [0.05, 0.1) is 11.1 Å². The van der Waals surface area contributed by atoms with Crippen molar-refractivity contribution >= 4 is 48.6 Å². The fourth-order valence-electron chi connectivity index (χ4n) is 12.1. The van der Waals surface area contributed by atoms with Crippen LogP contribution in [-0.2, 0) is 10.8 Å². The zero-order chi connectivity index (χ0) is 43.7. The monoisotopic (exact) mass is 857 g/mol. The summed E-state index contributed by atoms with van der Waals surface area (Å²) in [6, 6.07) is 84.4. The van der Waals surface area contributed by atoms with E-state index >= 15 is 0 Å². The number of hydrogen-bond donors (Lipinski definition) is 0. The Hall–Kier alpha value is -7.78. The number of fused-ring (bicyclic) bond motifs is 16. The zero-order valence-corrected chi connectivity index (χ0v) is 37.5. The Bertz CT molecular complexity index is 3750. The van der Waals surface area contributed by atoms with Gasteiger partial charge in [-0.25, -0.2) is 0 Å². The topological polar surface area (TPSA) is 3.24 Å². The molecule has 0 amide bonds. The summed E-state index contributed by atoms with van der Waals surface area (Å²) in [6.07, 6.45) is 0. The number of nitrogens with zero attached hydrogens (tertiary/aromatic N) is 1. The van der Waals surface area contributed by atoms with Crippen LogP contribution in [0.1, 0.15) is 47.2 Å². The molecule has 10 aromatic carbocycles. The molecule has 1 aromatic heterocycles. The van der Waals surface area contributed by atoms with Gasteiger partial charge in [-0.3, -0.25) is 0 Å². The number of rotatable bonds is 5. The molecule has 0 fully saturated rings. The summed E-state index contributed by atoms with van der Waals surface area (Å²) in [4.78, 5) is 2.49. The summed E-state index contributed by atoms with van der Waals surface area (Å²) in [6.45, 7) is 4.72. The van der Waals surface area contributed by atoms with Gasteiger partial charge in [0.25, 0.3) is 0 Å². The molecule has 1 heterocycles. The highest BCUT2D eigenvalue weighted by molar-refractivity contribution is 7.25. The van der Waals surface area contributed by atoms with Crippen LogP contribution in [0.2, 0.25) is 0 Å². The summed E-state index contributed by atoms with van der Waals surface area (Å²) < 4.78 is 2.65. The van der Waals surface area contributed by atoms with Crippen molar-refractivity contribution in [2.45, 2.75) is 24.7 Å². The second-order valence-corrected chi connectivity index (χ2v) is 19.8. The van der Waals surface area contributed by atoms with E-state index in [9.17, 15) is 0 Å². The standard InChI is InChI=1S/C64H43NS/c1-63(2)53-19-8-3-14-46(53)49-36-30-42(38-58(49)63)40-26-32-44(33-27-40)65(45-34-28-41(29-35-45)43-31-37-51-50-17-7-12-25-60(50)66-61(51)39-43)59-24-13-23-57-62(59)52-18-6-11-22-56(52)64(57)54-20-9-4-15-47(54)48-16-5-10-21-55(48)64/h3-39H,1-2H3. The van der Waals surface area contributed by atoms with Crippen LogP contribution in [-0.4, -0.2) is 0 Å². The first-order chi connectivity index (χ1) is 32.5. The van der Waals surface area contributed by atoms with E-state index in [1.165, 1.54) is 115 Å². The lowest BCUT2D eigenvalue weighted by Gasteiger charge is -2.32. The van der Waals surface area contributed by atoms with Crippen LogP contribution in [0, 0.1) is 0 Å². The number of benzene rings is 10. The fraction of sp³-hybridized carbons (Fsp3) is 0.0625. The summed E-state index contributed by atoms with van der Waals surface area (Å²) in [5.74, 6) is 0. The molecule has 1 spiro atoms. The van der Waals surface area contributed by atoms with Gasteiger partial charge in [-0.15, -0.1) is 11.3 Å². The van der Waals surface area contributed by atoms with Crippen LogP contribution in [0.4, 0.5) is 17.1 Å². The van der Waals surface area contributed by atoms with E-state index in [4.69, 9.17) is 0 Å². The number of hydrogen-bond acceptors (Lipinski definition) is 2. The molecule has 3 aliphatic rings. The van der Waals surface area contributed by atoms with Crippen molar-refractivity contribution < 1.29 is 0 Å². The highest BCUT2D eigenvalue weighted by Gasteiger charge is 2.52. The lowest BCUT2D eigenvalue weighted by atomic mass is 9.70. The summed E-state index contributed by atoms with van der Waals surface area (Å²) in [5.41, 5.74) is 23.9. The number of anilines is 3. The molecule has 3 aliphatic carbocycles. The van der Waals surface area contributed by atoms with Crippen molar-refractivity contribution in [3.05, 3.63) is 258 Å². The van der Waals surface area contributed by atoms with Gasteiger partial charge < -0.3 is 4.90 Å². The van der Waals surface area contributed by atoms with Gasteiger partial charge >= 0.3 is 0 Å². The normalized spacial score (nSPS) is 14.2. The van der Waals surface area contributed by atoms with E-state index in [0.717, 1.165) is 11.4 Å². The Balaban J connectivity index is 0.937. The Morgan fingerprint density at radius 2 is 0.803 bits per heavy atom. The van der Waals surface area contributed by atoms with E-state index in [-0.39, 0.29) is 5.41 Å². The van der Waals surface area contributed by atoms with Gasteiger partial charge in [0, 0.05) is 42.5 Å². The predicted octanol–water partition coefficient (Wildman–Crippen LogP) is 17.5. The highest BCUT2D eigenvalue weighted by Crippen LogP contribution is 2.64. The van der Waals surface area contributed by atoms with Crippen LogP contribution in [0.25, 0.3) is 75.8 Å². The summed E-state index contributed by atoms with van der Waals surface area (Å²) in [7, 11) is 0. The van der Waals surface area contributed by atoms with Crippen LogP contribution in [0.3, 0.4) is 0 Å². The largest absolute Gasteiger partial charge is 0.310 e. The molecule has 66 heavy (non-hydrogen) atoms. The van der Waals surface area contributed by atoms with Crippen molar-refractivity contribution in [2.24, 2.45) is 0 Å². The maximum Gasteiger partial charge on any atom is 0.0726 e. The highest BCUT2D eigenvalue weighted by atomic mass is 32.1. The third kappa shape index (κ3) is 5.11. The van der Waals surface area contributed by atoms with E-state index in [0.29, 0.717) is 0 Å². The minimum atomic E-state index is -0.430. The molecular weight excluding hydrogens is 815 g/mol. The lowest BCUT2D eigenvalue weighted by Crippen LogP contribution is -2.26. The molecule has 0 aliphatic heterocycles. The van der Waals surface area contributed by atoms with Crippen LogP contribution >= 0.6 is 11.3 Å². The quantitative estimate of drug-likeness (QED) is 0.167. The summed E-state index contributed by atoms with van der Waals surface area (Å²) in [5, 5.41) is 2.65. The van der Waals surface area contributed by atoms with Gasteiger partial charge in [0.1, 0.15) is 0 Å². The molecule has 11 aromatic rings. The maximum absolute atomic E-state index is 2.49. The smallest absolute Gasteiger partial charge is 0.0726 e. The molecule has 2 heteroatoms. The van der Waals surface area contributed by atoms with Gasteiger partial charge in [0.2, 0.25) is 0 Å². The lowest BCUT2D eigenvalue weighted by molar-refractivity contribution is 0.660. The van der Waals surface area contributed by atoms with Crippen LogP contribution in [0.5, 0.6) is 0 Å². The maximum atomic E-state index is 2.49. The van der Waals surface area contributed by atoms with Crippen molar-refractivity contribution in [1.82, 2.24) is 0 Å². The molecule has 0 saturated heterocycles. The Morgan fingerprint density at radius 1 is 0.333 bits per heavy atom. The Kier molecular flexibility index (Phi) is 7.89. The van der Waals surface area contributed by atoms with E-state index < -0.39 is 5.41 Å². The van der Waals surface area contributed by atoms with E-state index in [1.54, 1.807) is 0 Å². The molecule has 0 bridgehead atoms. The molecule has 0 saturated carbocycles. The van der Waals surface area contributed by atoms with Crippen LogP contribution < -0.4 is 4.90 Å². The van der Waals surface area contributed by atoms with Crippen molar-refractivity contribution in [1.29, 1.82) is 0 Å². The molecule has 310 valence electrons. The Labute approximate surface area is 389 Å². The minimum Gasteiger partial charge on any atom is -0.310 e. The van der Waals surface area contributed by atoms with Gasteiger partial charge in [0.15, 0.2) is 0 Å². The molecule has 0 N–H and O–H groups in total. The van der Waals surface area contributed by atoms with Crippen LogP contribution in [0.15, 0.2) is 224 Å². The fourth-order valence-corrected chi connectivity index (χ4v) is 13.3. The average Bonchev–Trinajstić information content (AvgIpc) is 4.06. The zero-order valence-electron chi connectivity index (χ0n) is 36.7. The summed E-state index contributed by atoms with van der Waals surface area (Å²) >= 11 is 1.87. The average molecular weight is 858 g/mol. The molecule has 1 nitrogen and oxygen atoms in total. The SMILES string of the molecule is CC1(C)c2ccccc2-c2ccc(-c3ccc(N(c4ccc(-c5ccc6c(c5)sc5ccccc56)cc4)c4cccc5c4-c4ccccc4C54c5ccccc5-c5ccccc54)cc3)cc21. The van der Waals surface area contributed by atoms with Gasteiger partial charge in [-0.2, -0.15) is 0 Å². The molecule has 0 unspecified atom stereocenters. The van der Waals surface area contributed by atoms with Crippen molar-refractivity contribution in [3.8, 4) is 55.6 Å². The molecule has 0 atom stereocenters. The number of thiophene rings is 1. The molecular formula is C64H43NS. The third-order valence-corrected chi connectivity index (χ3v) is 16.3.